The summed E-state index contributed by atoms with van der Waals surface area (Å²) in [6.07, 6.45) is 0.698. The first-order valence-corrected chi connectivity index (χ1v) is 7.34. The zero-order valence-electron chi connectivity index (χ0n) is 10.2. The molecular formula is C10H22N2O3S. The zero-order chi connectivity index (χ0) is 12.4. The topological polar surface area (TPSA) is 69.6 Å². The second-order valence-corrected chi connectivity index (χ2v) is 7.17. The molecule has 0 aromatic rings. The molecule has 1 heterocycles. The third kappa shape index (κ3) is 3.41. The fourth-order valence-electron chi connectivity index (χ4n) is 2.01. The Morgan fingerprint density at radius 2 is 2.19 bits per heavy atom. The first-order chi connectivity index (χ1) is 7.32. The highest BCUT2D eigenvalue weighted by atomic mass is 32.2. The van der Waals surface area contributed by atoms with Gasteiger partial charge < -0.3 is 15.3 Å². The van der Waals surface area contributed by atoms with Gasteiger partial charge >= 0.3 is 0 Å². The Morgan fingerprint density at radius 3 is 2.56 bits per heavy atom. The zero-order valence-corrected chi connectivity index (χ0v) is 11.0. The van der Waals surface area contributed by atoms with Gasteiger partial charge in [-0.1, -0.05) is 0 Å². The largest absolute Gasteiger partial charge is 0.394 e. The van der Waals surface area contributed by atoms with Gasteiger partial charge in [0.15, 0.2) is 9.84 Å². The quantitative estimate of drug-likeness (QED) is 0.660. The number of nitrogens with zero attached hydrogens (tertiary/aromatic N) is 1. The second-order valence-electron chi connectivity index (χ2n) is 4.94. The van der Waals surface area contributed by atoms with Gasteiger partial charge in [-0.2, -0.15) is 0 Å². The van der Waals surface area contributed by atoms with Crippen LogP contribution < -0.4 is 5.32 Å². The lowest BCUT2D eigenvalue weighted by atomic mass is 10.0. The van der Waals surface area contributed by atoms with E-state index in [9.17, 15) is 13.5 Å². The van der Waals surface area contributed by atoms with Crippen LogP contribution in [0, 0.1) is 0 Å². The minimum absolute atomic E-state index is 0.0350. The molecule has 96 valence electrons. The van der Waals surface area contributed by atoms with E-state index in [0.717, 1.165) is 0 Å². The van der Waals surface area contributed by atoms with Crippen molar-refractivity contribution in [1.82, 2.24) is 10.2 Å². The minimum Gasteiger partial charge on any atom is -0.394 e. The van der Waals surface area contributed by atoms with E-state index in [1.807, 2.05) is 18.9 Å². The lowest BCUT2D eigenvalue weighted by Gasteiger charge is -2.34. The molecular weight excluding hydrogens is 228 g/mol. The fourth-order valence-corrected chi connectivity index (χ4v) is 3.82. The van der Waals surface area contributed by atoms with E-state index in [1.165, 1.54) is 0 Å². The molecule has 0 amide bonds. The average molecular weight is 250 g/mol. The van der Waals surface area contributed by atoms with Crippen molar-refractivity contribution >= 4 is 9.84 Å². The Morgan fingerprint density at radius 1 is 1.56 bits per heavy atom. The second kappa shape index (κ2) is 5.00. The van der Waals surface area contributed by atoms with Gasteiger partial charge in [0.05, 0.1) is 23.7 Å². The molecule has 6 heteroatoms. The summed E-state index contributed by atoms with van der Waals surface area (Å²) in [5.41, 5.74) is -0.374. The van der Waals surface area contributed by atoms with Crippen LogP contribution in [0.15, 0.2) is 0 Å². The summed E-state index contributed by atoms with van der Waals surface area (Å²) in [6, 6.07) is 0.0872. The molecule has 2 N–H and O–H groups in total. The molecule has 0 aromatic heterocycles. The first kappa shape index (κ1) is 13.9. The standard InChI is InChI=1S/C10H22N2O3S/c1-10(8-13,11-2)7-12(3)9-4-5-16(14,15)6-9/h9,11,13H,4-8H2,1-3H3. The maximum atomic E-state index is 11.4. The molecule has 0 spiro atoms. The normalized spacial score (nSPS) is 28.2. The van der Waals surface area contributed by atoms with Gasteiger partial charge in [0.2, 0.25) is 0 Å². The Labute approximate surface area is 97.7 Å². The van der Waals surface area contributed by atoms with E-state index < -0.39 is 9.84 Å². The van der Waals surface area contributed by atoms with Crippen LogP contribution in [0.4, 0.5) is 0 Å². The van der Waals surface area contributed by atoms with Crippen LogP contribution in [-0.2, 0) is 9.84 Å². The fraction of sp³-hybridized carbons (Fsp3) is 1.00. The molecule has 0 aromatic carbocycles. The first-order valence-electron chi connectivity index (χ1n) is 5.52. The lowest BCUT2D eigenvalue weighted by Crippen LogP contribution is -2.53. The number of hydrogen-bond donors (Lipinski definition) is 2. The smallest absolute Gasteiger partial charge is 0.151 e. The van der Waals surface area contributed by atoms with Crippen molar-refractivity contribution in [2.75, 3.05) is 38.8 Å². The number of hydrogen-bond acceptors (Lipinski definition) is 5. The molecule has 16 heavy (non-hydrogen) atoms. The number of aliphatic hydroxyl groups is 1. The van der Waals surface area contributed by atoms with E-state index in [4.69, 9.17) is 0 Å². The molecule has 1 saturated heterocycles. The van der Waals surface area contributed by atoms with Gasteiger partial charge in [0.25, 0.3) is 0 Å². The Bertz CT molecular complexity index is 325. The number of rotatable bonds is 5. The van der Waals surface area contributed by atoms with Gasteiger partial charge in [-0.05, 0) is 27.4 Å². The van der Waals surface area contributed by atoms with Gasteiger partial charge in [0.1, 0.15) is 0 Å². The molecule has 1 aliphatic heterocycles. The van der Waals surface area contributed by atoms with E-state index in [0.29, 0.717) is 13.0 Å². The summed E-state index contributed by atoms with van der Waals surface area (Å²) in [6.45, 7) is 2.60. The van der Waals surface area contributed by atoms with E-state index in [1.54, 1.807) is 7.05 Å². The Balaban J connectivity index is 2.56. The van der Waals surface area contributed by atoms with Crippen molar-refractivity contribution in [2.45, 2.75) is 24.9 Å². The van der Waals surface area contributed by atoms with E-state index in [-0.39, 0.29) is 29.7 Å². The molecule has 5 nitrogen and oxygen atoms in total. The Kier molecular flexibility index (Phi) is 4.34. The monoisotopic (exact) mass is 250 g/mol. The van der Waals surface area contributed by atoms with Crippen LogP contribution in [0.3, 0.4) is 0 Å². The van der Waals surface area contributed by atoms with Crippen molar-refractivity contribution < 1.29 is 13.5 Å². The number of likely N-dealkylation sites (N-methyl/N-ethyl adjacent to an activating group) is 2. The van der Waals surface area contributed by atoms with Crippen LogP contribution in [-0.4, -0.2) is 68.8 Å². The van der Waals surface area contributed by atoms with Crippen LogP contribution in [0.25, 0.3) is 0 Å². The van der Waals surface area contributed by atoms with Gasteiger partial charge in [-0.3, -0.25) is 0 Å². The summed E-state index contributed by atoms with van der Waals surface area (Å²) >= 11 is 0. The molecule has 1 aliphatic rings. The highest BCUT2D eigenvalue weighted by Gasteiger charge is 2.33. The van der Waals surface area contributed by atoms with Crippen LogP contribution in [0.5, 0.6) is 0 Å². The highest BCUT2D eigenvalue weighted by Crippen LogP contribution is 2.18. The molecule has 1 fully saturated rings. The van der Waals surface area contributed by atoms with Crippen LogP contribution in [0.2, 0.25) is 0 Å². The average Bonchev–Trinajstić information content (AvgIpc) is 2.58. The number of nitrogens with one attached hydrogen (secondary N) is 1. The molecule has 1 rings (SSSR count). The highest BCUT2D eigenvalue weighted by molar-refractivity contribution is 7.91. The van der Waals surface area contributed by atoms with Crippen molar-refractivity contribution in [3.8, 4) is 0 Å². The molecule has 0 bridgehead atoms. The minimum atomic E-state index is -2.83. The Hall–Kier alpha value is -0.170. The van der Waals surface area contributed by atoms with Crippen LogP contribution in [0.1, 0.15) is 13.3 Å². The summed E-state index contributed by atoms with van der Waals surface area (Å²) in [7, 11) is 0.880. The van der Waals surface area contributed by atoms with Gasteiger partial charge in [-0.25, -0.2) is 8.42 Å². The predicted octanol–water partition coefficient (Wildman–Crippen LogP) is -0.924. The number of aliphatic hydroxyl groups excluding tert-OH is 1. The summed E-state index contributed by atoms with van der Waals surface area (Å²) in [4.78, 5) is 2.03. The number of sulfone groups is 1. The van der Waals surface area contributed by atoms with Crippen molar-refractivity contribution in [2.24, 2.45) is 0 Å². The molecule has 0 radical (unpaired) electrons. The van der Waals surface area contributed by atoms with Crippen molar-refractivity contribution in [3.63, 3.8) is 0 Å². The van der Waals surface area contributed by atoms with E-state index in [2.05, 4.69) is 5.32 Å². The molecule has 2 atom stereocenters. The predicted molar refractivity (Wildman–Crippen MR) is 64.2 cm³/mol. The van der Waals surface area contributed by atoms with Crippen molar-refractivity contribution in [3.05, 3.63) is 0 Å². The summed E-state index contributed by atoms with van der Waals surface area (Å²) in [5, 5.41) is 12.3. The third-order valence-electron chi connectivity index (χ3n) is 3.38. The van der Waals surface area contributed by atoms with E-state index >= 15 is 0 Å². The van der Waals surface area contributed by atoms with Crippen LogP contribution >= 0.6 is 0 Å². The van der Waals surface area contributed by atoms with Gasteiger partial charge in [0, 0.05) is 12.6 Å². The SMILES string of the molecule is CNC(C)(CO)CN(C)C1CCS(=O)(=O)C1. The molecule has 0 aliphatic carbocycles. The van der Waals surface area contributed by atoms with Crippen molar-refractivity contribution in [1.29, 1.82) is 0 Å². The maximum absolute atomic E-state index is 11.4. The third-order valence-corrected chi connectivity index (χ3v) is 5.13. The summed E-state index contributed by atoms with van der Waals surface area (Å²) < 4.78 is 22.7. The molecule has 2 unspecified atom stereocenters. The maximum Gasteiger partial charge on any atom is 0.151 e. The summed E-state index contributed by atoms with van der Waals surface area (Å²) in [5.74, 6) is 0.534. The molecule has 0 saturated carbocycles. The van der Waals surface area contributed by atoms with Gasteiger partial charge in [-0.15, -0.1) is 0 Å². The lowest BCUT2D eigenvalue weighted by molar-refractivity contribution is 0.122.